The number of benzene rings is 2. The van der Waals surface area contributed by atoms with Crippen LogP contribution in [-0.2, 0) is 6.42 Å². The summed E-state index contributed by atoms with van der Waals surface area (Å²) in [6.45, 7) is 2.06. The summed E-state index contributed by atoms with van der Waals surface area (Å²) < 4.78 is 13.7. The SMILES string of the molecule is CCCCc1nc2ccc(Br)cc2c(=O)n1N=Cc1cc(OC)c(Oc2ccc([N+](=O)[O-])cn2)c(Cl)c1Br. The second-order valence-corrected chi connectivity index (χ2v) is 10.1. The van der Waals surface area contributed by atoms with Crippen LogP contribution in [0.4, 0.5) is 5.69 Å². The average molecular weight is 666 g/mol. The summed E-state index contributed by atoms with van der Waals surface area (Å²) in [7, 11) is 1.44. The number of nitrogens with zero attached hydrogens (tertiary/aromatic N) is 5. The van der Waals surface area contributed by atoms with Crippen molar-refractivity contribution in [2.45, 2.75) is 26.2 Å². The van der Waals surface area contributed by atoms with Crippen molar-refractivity contribution < 1.29 is 14.4 Å². The Morgan fingerprint density at radius 2 is 2.03 bits per heavy atom. The summed E-state index contributed by atoms with van der Waals surface area (Å²) in [5.41, 5.74) is 0.644. The van der Waals surface area contributed by atoms with Gasteiger partial charge < -0.3 is 9.47 Å². The Bertz CT molecular complexity index is 1610. The van der Waals surface area contributed by atoms with Gasteiger partial charge in [0.25, 0.3) is 11.2 Å². The van der Waals surface area contributed by atoms with E-state index in [9.17, 15) is 14.9 Å². The van der Waals surface area contributed by atoms with E-state index in [0.29, 0.717) is 33.2 Å². The van der Waals surface area contributed by atoms with Crippen molar-refractivity contribution in [1.82, 2.24) is 14.6 Å². The highest BCUT2D eigenvalue weighted by Gasteiger charge is 2.19. The van der Waals surface area contributed by atoms with Crippen LogP contribution in [0, 0.1) is 10.1 Å². The predicted octanol–water partition coefficient (Wildman–Crippen LogP) is 6.90. The molecule has 196 valence electrons. The first kappa shape index (κ1) is 27.7. The van der Waals surface area contributed by atoms with Gasteiger partial charge in [0, 0.05) is 33.1 Å². The lowest BCUT2D eigenvalue weighted by molar-refractivity contribution is -0.385. The summed E-state index contributed by atoms with van der Waals surface area (Å²) in [6.07, 6.45) is 4.91. The molecular formula is C25H20Br2ClN5O5. The van der Waals surface area contributed by atoms with Crippen LogP contribution in [0.15, 0.2) is 61.4 Å². The van der Waals surface area contributed by atoms with Gasteiger partial charge in [-0.15, -0.1) is 0 Å². The maximum absolute atomic E-state index is 13.3. The molecule has 0 N–H and O–H groups in total. The quantitative estimate of drug-likeness (QED) is 0.108. The van der Waals surface area contributed by atoms with E-state index in [1.165, 1.54) is 30.1 Å². The largest absolute Gasteiger partial charge is 0.493 e. The lowest BCUT2D eigenvalue weighted by Gasteiger charge is -2.14. The van der Waals surface area contributed by atoms with Crippen molar-refractivity contribution in [3.05, 3.63) is 88.4 Å². The molecule has 13 heteroatoms. The number of methoxy groups -OCH3 is 1. The zero-order valence-electron chi connectivity index (χ0n) is 20.2. The summed E-state index contributed by atoms with van der Waals surface area (Å²) in [5, 5.41) is 15.9. The second-order valence-electron chi connectivity index (χ2n) is 7.99. The molecule has 10 nitrogen and oxygen atoms in total. The van der Waals surface area contributed by atoms with Crippen LogP contribution >= 0.6 is 43.5 Å². The van der Waals surface area contributed by atoms with Gasteiger partial charge in [0.1, 0.15) is 17.0 Å². The van der Waals surface area contributed by atoms with E-state index in [4.69, 9.17) is 21.1 Å². The zero-order valence-corrected chi connectivity index (χ0v) is 24.1. The van der Waals surface area contributed by atoms with Crippen molar-refractivity contribution in [3.8, 4) is 17.4 Å². The van der Waals surface area contributed by atoms with Gasteiger partial charge in [0.05, 0.1) is 29.2 Å². The molecule has 38 heavy (non-hydrogen) atoms. The van der Waals surface area contributed by atoms with Gasteiger partial charge in [-0.3, -0.25) is 14.9 Å². The molecule has 0 radical (unpaired) electrons. The third-order valence-electron chi connectivity index (χ3n) is 5.46. The highest BCUT2D eigenvalue weighted by molar-refractivity contribution is 9.10. The third-order valence-corrected chi connectivity index (χ3v) is 7.39. The minimum absolute atomic E-state index is 0.0876. The van der Waals surface area contributed by atoms with Gasteiger partial charge in [-0.25, -0.2) is 9.97 Å². The molecule has 4 aromatic rings. The van der Waals surface area contributed by atoms with Crippen LogP contribution in [0.25, 0.3) is 10.9 Å². The summed E-state index contributed by atoms with van der Waals surface area (Å²) in [5.74, 6) is 1.04. The molecule has 0 saturated heterocycles. The van der Waals surface area contributed by atoms with Crippen molar-refractivity contribution >= 4 is 66.3 Å². The number of aromatic nitrogens is 3. The molecule has 0 aliphatic rings. The smallest absolute Gasteiger partial charge is 0.287 e. The highest BCUT2D eigenvalue weighted by Crippen LogP contribution is 2.44. The van der Waals surface area contributed by atoms with E-state index in [0.717, 1.165) is 23.5 Å². The number of hydrogen-bond donors (Lipinski definition) is 0. The molecule has 0 amide bonds. The van der Waals surface area contributed by atoms with E-state index < -0.39 is 4.92 Å². The van der Waals surface area contributed by atoms with Gasteiger partial charge in [-0.05, 0) is 46.6 Å². The standard InChI is InChI=1S/C25H20Br2ClN5O5/c1-3-4-5-20-31-18-8-6-15(26)11-17(18)25(34)32(20)30-12-14-10-19(37-2)24(23(28)22(14)27)38-21-9-7-16(13-29-21)33(35)36/h6-13H,3-5H2,1-2H3. The fourth-order valence-electron chi connectivity index (χ4n) is 3.52. The number of ether oxygens (including phenoxy) is 2. The highest BCUT2D eigenvalue weighted by atomic mass is 79.9. The number of fused-ring (bicyclic) bond motifs is 1. The van der Waals surface area contributed by atoms with Crippen LogP contribution in [0.2, 0.25) is 5.02 Å². The van der Waals surface area contributed by atoms with Crippen LogP contribution in [0.3, 0.4) is 0 Å². The van der Waals surface area contributed by atoms with Gasteiger partial charge in [-0.2, -0.15) is 9.78 Å². The van der Waals surface area contributed by atoms with Crippen LogP contribution in [0.1, 0.15) is 31.2 Å². The van der Waals surface area contributed by atoms with Crippen LogP contribution in [-0.4, -0.2) is 32.9 Å². The van der Waals surface area contributed by atoms with E-state index >= 15 is 0 Å². The molecule has 0 unspecified atom stereocenters. The Balaban J connectivity index is 1.75. The van der Waals surface area contributed by atoms with Crippen molar-refractivity contribution in [2.24, 2.45) is 5.10 Å². The first-order valence-corrected chi connectivity index (χ1v) is 13.3. The lowest BCUT2D eigenvalue weighted by atomic mass is 10.2. The Morgan fingerprint density at radius 1 is 1.24 bits per heavy atom. The lowest BCUT2D eigenvalue weighted by Crippen LogP contribution is -2.22. The summed E-state index contributed by atoms with van der Waals surface area (Å²) in [6, 6.07) is 9.60. The molecule has 0 aliphatic heterocycles. The average Bonchev–Trinajstić information content (AvgIpc) is 2.91. The molecule has 2 aromatic carbocycles. The Labute approximate surface area is 238 Å². The molecule has 4 rings (SSSR count). The van der Waals surface area contributed by atoms with Crippen molar-refractivity contribution in [1.29, 1.82) is 0 Å². The first-order chi connectivity index (χ1) is 18.2. The molecule has 0 saturated carbocycles. The topological polar surface area (TPSA) is 122 Å². The second kappa shape index (κ2) is 12.0. The van der Waals surface area contributed by atoms with Gasteiger partial charge in [0.2, 0.25) is 5.88 Å². The third kappa shape index (κ3) is 5.87. The number of halogens is 3. The molecule has 0 aliphatic carbocycles. The fourth-order valence-corrected chi connectivity index (χ4v) is 4.52. The Hall–Kier alpha value is -3.35. The van der Waals surface area contributed by atoms with Crippen LogP contribution < -0.4 is 15.0 Å². The van der Waals surface area contributed by atoms with Gasteiger partial charge >= 0.3 is 0 Å². The molecule has 2 aromatic heterocycles. The number of hydrogen-bond acceptors (Lipinski definition) is 8. The zero-order chi connectivity index (χ0) is 27.4. The van der Waals surface area contributed by atoms with Crippen LogP contribution in [0.5, 0.6) is 17.4 Å². The van der Waals surface area contributed by atoms with Crippen molar-refractivity contribution in [3.63, 3.8) is 0 Å². The van der Waals surface area contributed by atoms with Gasteiger partial charge in [0.15, 0.2) is 11.5 Å². The molecule has 0 bridgehead atoms. The Kier molecular flexibility index (Phi) is 8.75. The maximum Gasteiger partial charge on any atom is 0.287 e. The van der Waals surface area contributed by atoms with E-state index in [2.05, 4.69) is 53.9 Å². The summed E-state index contributed by atoms with van der Waals surface area (Å²) >= 11 is 13.5. The van der Waals surface area contributed by atoms with E-state index in [1.54, 1.807) is 18.2 Å². The molecule has 0 fully saturated rings. The number of aryl methyl sites for hydroxylation is 1. The number of pyridine rings is 1. The number of rotatable bonds is 9. The first-order valence-electron chi connectivity index (χ1n) is 11.3. The minimum atomic E-state index is -0.558. The molecular weight excluding hydrogens is 646 g/mol. The summed E-state index contributed by atoms with van der Waals surface area (Å²) in [4.78, 5) is 32.3. The predicted molar refractivity (Wildman–Crippen MR) is 152 cm³/mol. The minimum Gasteiger partial charge on any atom is -0.493 e. The van der Waals surface area contributed by atoms with E-state index in [-0.39, 0.29) is 33.6 Å². The monoisotopic (exact) mass is 663 g/mol. The molecule has 0 atom stereocenters. The molecule has 2 heterocycles. The van der Waals surface area contributed by atoms with Gasteiger partial charge in [-0.1, -0.05) is 40.9 Å². The van der Waals surface area contributed by atoms with E-state index in [1.807, 2.05) is 6.07 Å². The Morgan fingerprint density at radius 3 is 2.68 bits per heavy atom. The normalized spacial score (nSPS) is 11.3. The van der Waals surface area contributed by atoms with Crippen molar-refractivity contribution in [2.75, 3.05) is 7.11 Å². The maximum atomic E-state index is 13.3. The fraction of sp³-hybridized carbons (Fsp3) is 0.200. The number of nitro groups is 1. The molecule has 0 spiro atoms. The number of unbranched alkanes of at least 4 members (excludes halogenated alkanes) is 1.